The van der Waals surface area contributed by atoms with E-state index in [1.165, 1.54) is 0 Å². The molecule has 0 rings (SSSR count). The molecular formula is C11H21N3. The van der Waals surface area contributed by atoms with Gasteiger partial charge in [0.2, 0.25) is 6.19 Å². The predicted octanol–water partition coefficient (Wildman–Crippen LogP) is 2.64. The molecule has 80 valence electrons. The Kier molecular flexibility index (Phi) is 5.22. The number of hydrogen-bond acceptors (Lipinski definition) is 2. The number of nitriles is 1. The summed E-state index contributed by atoms with van der Waals surface area (Å²) in [6.45, 7) is 6.68. The van der Waals surface area contributed by atoms with Crippen LogP contribution in [0.5, 0.6) is 0 Å². The van der Waals surface area contributed by atoms with Crippen molar-refractivity contribution in [1.29, 1.82) is 5.26 Å². The standard InChI is InChI=1S/C11H21N3/c1-11(2,3)8-6-7-10(13-9-12)14(4)5/h6-8H2,1-5H3. The van der Waals surface area contributed by atoms with E-state index in [-0.39, 0.29) is 0 Å². The van der Waals surface area contributed by atoms with Crippen molar-refractivity contribution >= 4 is 5.84 Å². The first-order chi connectivity index (χ1) is 6.37. The molecule has 0 saturated heterocycles. The molecule has 0 aliphatic heterocycles. The van der Waals surface area contributed by atoms with Gasteiger partial charge in [-0.3, -0.25) is 0 Å². The highest BCUT2D eigenvalue weighted by molar-refractivity contribution is 5.82. The van der Waals surface area contributed by atoms with Crippen molar-refractivity contribution in [2.45, 2.75) is 40.0 Å². The fourth-order valence-electron chi connectivity index (χ4n) is 1.21. The minimum absolute atomic E-state index is 0.365. The van der Waals surface area contributed by atoms with E-state index in [1.807, 2.05) is 25.2 Å². The zero-order chi connectivity index (χ0) is 11.2. The molecule has 0 unspecified atom stereocenters. The average Bonchev–Trinajstić information content (AvgIpc) is 2.00. The lowest BCUT2D eigenvalue weighted by atomic mass is 9.90. The van der Waals surface area contributed by atoms with Crippen LogP contribution in [0.2, 0.25) is 0 Å². The number of hydrogen-bond donors (Lipinski definition) is 0. The van der Waals surface area contributed by atoms with Gasteiger partial charge in [-0.15, -0.1) is 0 Å². The summed E-state index contributed by atoms with van der Waals surface area (Å²) in [5.74, 6) is 0.872. The Hall–Kier alpha value is -1.04. The fraction of sp³-hybridized carbons (Fsp3) is 0.818. The van der Waals surface area contributed by atoms with Gasteiger partial charge in [0.1, 0.15) is 5.84 Å². The predicted molar refractivity (Wildman–Crippen MR) is 60.0 cm³/mol. The third kappa shape index (κ3) is 6.47. The summed E-state index contributed by atoms with van der Waals surface area (Å²) in [4.78, 5) is 5.70. The maximum Gasteiger partial charge on any atom is 0.207 e. The van der Waals surface area contributed by atoms with Crippen LogP contribution in [-0.4, -0.2) is 24.8 Å². The van der Waals surface area contributed by atoms with Crippen molar-refractivity contribution in [2.24, 2.45) is 10.4 Å². The van der Waals surface area contributed by atoms with Crippen LogP contribution in [-0.2, 0) is 0 Å². The molecule has 0 aromatic carbocycles. The summed E-state index contributed by atoms with van der Waals surface area (Å²) in [6, 6.07) is 0. The van der Waals surface area contributed by atoms with Gasteiger partial charge in [0.25, 0.3) is 0 Å². The monoisotopic (exact) mass is 195 g/mol. The molecule has 14 heavy (non-hydrogen) atoms. The summed E-state index contributed by atoms with van der Waals surface area (Å²) in [5, 5.41) is 8.48. The fourth-order valence-corrected chi connectivity index (χ4v) is 1.21. The maximum atomic E-state index is 8.48. The molecule has 0 heterocycles. The SMILES string of the molecule is CN(C)C(CCCC(C)(C)C)=NC#N. The van der Waals surface area contributed by atoms with Crippen LogP contribution in [0.3, 0.4) is 0 Å². The minimum Gasteiger partial charge on any atom is -0.365 e. The molecule has 0 N–H and O–H groups in total. The summed E-state index contributed by atoms with van der Waals surface area (Å²) in [7, 11) is 3.85. The molecular weight excluding hydrogens is 174 g/mol. The van der Waals surface area contributed by atoms with Gasteiger partial charge in [-0.05, 0) is 18.3 Å². The van der Waals surface area contributed by atoms with E-state index in [0.717, 1.165) is 25.1 Å². The Labute approximate surface area is 87.4 Å². The second-order valence-corrected chi connectivity index (χ2v) is 4.94. The molecule has 0 spiro atoms. The van der Waals surface area contributed by atoms with Gasteiger partial charge in [-0.25, -0.2) is 0 Å². The molecule has 0 saturated carbocycles. The summed E-state index contributed by atoms with van der Waals surface area (Å²) in [6.07, 6.45) is 4.97. The maximum absolute atomic E-state index is 8.48. The van der Waals surface area contributed by atoms with E-state index in [9.17, 15) is 0 Å². The van der Waals surface area contributed by atoms with Crippen LogP contribution >= 0.6 is 0 Å². The first kappa shape index (κ1) is 13.0. The molecule has 3 heteroatoms. The highest BCUT2D eigenvalue weighted by Crippen LogP contribution is 2.21. The lowest BCUT2D eigenvalue weighted by molar-refractivity contribution is 0.366. The van der Waals surface area contributed by atoms with Crippen molar-refractivity contribution in [3.05, 3.63) is 0 Å². The molecule has 0 amide bonds. The van der Waals surface area contributed by atoms with Gasteiger partial charge in [-0.2, -0.15) is 10.3 Å². The first-order valence-electron chi connectivity index (χ1n) is 5.00. The molecule has 0 bridgehead atoms. The second-order valence-electron chi connectivity index (χ2n) is 4.94. The first-order valence-corrected chi connectivity index (χ1v) is 5.00. The Bertz CT molecular complexity index is 228. The third-order valence-corrected chi connectivity index (χ3v) is 2.02. The zero-order valence-electron chi connectivity index (χ0n) is 9.96. The quantitative estimate of drug-likeness (QED) is 0.394. The third-order valence-electron chi connectivity index (χ3n) is 2.02. The number of rotatable bonds is 3. The molecule has 0 aliphatic carbocycles. The molecule has 0 radical (unpaired) electrons. The number of nitrogens with zero attached hydrogens (tertiary/aromatic N) is 3. The van der Waals surface area contributed by atoms with Crippen LogP contribution in [0.15, 0.2) is 4.99 Å². The van der Waals surface area contributed by atoms with Crippen molar-refractivity contribution < 1.29 is 0 Å². The number of aliphatic imine (C=N–C) groups is 1. The van der Waals surface area contributed by atoms with Crippen molar-refractivity contribution in [3.8, 4) is 6.19 Å². The smallest absolute Gasteiger partial charge is 0.207 e. The molecule has 3 nitrogen and oxygen atoms in total. The Balaban J connectivity index is 3.99. The van der Waals surface area contributed by atoms with Gasteiger partial charge in [0.05, 0.1) is 0 Å². The van der Waals surface area contributed by atoms with Crippen LogP contribution in [0.25, 0.3) is 0 Å². The Morgan fingerprint density at radius 3 is 2.29 bits per heavy atom. The van der Waals surface area contributed by atoms with E-state index in [2.05, 4.69) is 25.8 Å². The normalized spacial score (nSPS) is 12.4. The highest BCUT2D eigenvalue weighted by atomic mass is 15.1. The van der Waals surface area contributed by atoms with Crippen LogP contribution in [0.4, 0.5) is 0 Å². The molecule has 0 aromatic heterocycles. The summed E-state index contributed by atoms with van der Waals surface area (Å²) >= 11 is 0. The largest absolute Gasteiger partial charge is 0.365 e. The summed E-state index contributed by atoms with van der Waals surface area (Å²) < 4.78 is 0. The zero-order valence-corrected chi connectivity index (χ0v) is 9.96. The molecule has 0 atom stereocenters. The van der Waals surface area contributed by atoms with Crippen LogP contribution in [0, 0.1) is 16.9 Å². The highest BCUT2D eigenvalue weighted by Gasteiger charge is 2.10. The van der Waals surface area contributed by atoms with E-state index < -0.39 is 0 Å². The second kappa shape index (κ2) is 5.64. The van der Waals surface area contributed by atoms with Crippen molar-refractivity contribution in [3.63, 3.8) is 0 Å². The van der Waals surface area contributed by atoms with Crippen LogP contribution < -0.4 is 0 Å². The lowest BCUT2D eigenvalue weighted by Crippen LogP contribution is -2.22. The van der Waals surface area contributed by atoms with Crippen molar-refractivity contribution in [2.75, 3.05) is 14.1 Å². The van der Waals surface area contributed by atoms with Gasteiger partial charge in [-0.1, -0.05) is 20.8 Å². The van der Waals surface area contributed by atoms with E-state index >= 15 is 0 Å². The van der Waals surface area contributed by atoms with E-state index in [4.69, 9.17) is 5.26 Å². The lowest BCUT2D eigenvalue weighted by Gasteiger charge is -2.19. The molecule has 0 fully saturated rings. The van der Waals surface area contributed by atoms with Gasteiger partial charge in [0, 0.05) is 20.5 Å². The number of amidine groups is 1. The van der Waals surface area contributed by atoms with Crippen molar-refractivity contribution in [1.82, 2.24) is 4.90 Å². The minimum atomic E-state index is 0.365. The van der Waals surface area contributed by atoms with Gasteiger partial charge >= 0.3 is 0 Å². The van der Waals surface area contributed by atoms with Gasteiger partial charge in [0.15, 0.2) is 0 Å². The van der Waals surface area contributed by atoms with Crippen LogP contribution in [0.1, 0.15) is 40.0 Å². The molecule has 0 aliphatic rings. The van der Waals surface area contributed by atoms with E-state index in [0.29, 0.717) is 5.41 Å². The van der Waals surface area contributed by atoms with Gasteiger partial charge < -0.3 is 4.90 Å². The Morgan fingerprint density at radius 2 is 1.93 bits per heavy atom. The topological polar surface area (TPSA) is 39.4 Å². The van der Waals surface area contributed by atoms with E-state index in [1.54, 1.807) is 0 Å². The average molecular weight is 195 g/mol. The molecule has 0 aromatic rings. The summed E-state index contributed by atoms with van der Waals surface area (Å²) in [5.41, 5.74) is 0.365. The Morgan fingerprint density at radius 1 is 1.36 bits per heavy atom.